The first kappa shape index (κ1) is 12.1. The molecule has 0 atom stereocenters. The van der Waals surface area contributed by atoms with Crippen LogP contribution in [0.1, 0.15) is 0 Å². The van der Waals surface area contributed by atoms with Crippen LogP contribution in [0.25, 0.3) is 0 Å². The van der Waals surface area contributed by atoms with E-state index >= 15 is 0 Å². The van der Waals surface area contributed by atoms with Crippen LogP contribution in [-0.4, -0.2) is 22.2 Å². The molecule has 6 heteroatoms. The maximum atomic E-state index is 10.8. The van der Waals surface area contributed by atoms with Gasteiger partial charge in [0.25, 0.3) is 0 Å². The summed E-state index contributed by atoms with van der Waals surface area (Å²) in [6, 6.07) is 8.28. The molecule has 1 rings (SSSR count). The Bertz CT molecular complexity index is 441. The SMILES string of the molecule is O=C(O)C(Cl)=C(Nc1ccccc1)C(=O)O. The smallest absolute Gasteiger partial charge is 0.354 e. The molecule has 84 valence electrons. The molecule has 5 nitrogen and oxygen atoms in total. The van der Waals surface area contributed by atoms with Gasteiger partial charge in [0.1, 0.15) is 0 Å². The fraction of sp³-hybridized carbons (Fsp3) is 0. The number of hydrogen-bond acceptors (Lipinski definition) is 3. The lowest BCUT2D eigenvalue weighted by molar-refractivity contribution is -0.135. The largest absolute Gasteiger partial charge is 0.477 e. The number of hydrogen-bond donors (Lipinski definition) is 3. The van der Waals surface area contributed by atoms with E-state index in [1.54, 1.807) is 30.3 Å². The lowest BCUT2D eigenvalue weighted by Crippen LogP contribution is -2.15. The highest BCUT2D eigenvalue weighted by molar-refractivity contribution is 6.43. The number of aliphatic carboxylic acids is 2. The molecule has 3 N–H and O–H groups in total. The molecule has 0 amide bonds. The summed E-state index contributed by atoms with van der Waals surface area (Å²) in [5.74, 6) is -2.93. The van der Waals surface area contributed by atoms with E-state index in [-0.39, 0.29) is 0 Å². The van der Waals surface area contributed by atoms with Gasteiger partial charge in [-0.25, -0.2) is 9.59 Å². The molecule has 0 bridgehead atoms. The van der Waals surface area contributed by atoms with Gasteiger partial charge in [0, 0.05) is 5.69 Å². The standard InChI is InChI=1S/C10H8ClNO4/c11-7(9(13)14)8(10(15)16)12-6-4-2-1-3-5-6/h1-5,12H,(H,13,14)(H,15,16). The summed E-state index contributed by atoms with van der Waals surface area (Å²) in [5.41, 5.74) is -0.125. The fourth-order valence-corrected chi connectivity index (χ4v) is 1.10. The lowest BCUT2D eigenvalue weighted by Gasteiger charge is -2.07. The molecule has 16 heavy (non-hydrogen) atoms. The molecule has 0 heterocycles. The van der Waals surface area contributed by atoms with Crippen molar-refractivity contribution in [3.63, 3.8) is 0 Å². The van der Waals surface area contributed by atoms with Crippen LogP contribution in [0.2, 0.25) is 0 Å². The number of halogens is 1. The summed E-state index contributed by atoms with van der Waals surface area (Å²) in [4.78, 5) is 21.3. The number of para-hydroxylation sites is 1. The Balaban J connectivity index is 3.03. The van der Waals surface area contributed by atoms with E-state index in [2.05, 4.69) is 5.32 Å². The average molecular weight is 242 g/mol. The second-order valence-electron chi connectivity index (χ2n) is 2.79. The Morgan fingerprint density at radius 2 is 1.62 bits per heavy atom. The lowest BCUT2D eigenvalue weighted by atomic mass is 10.3. The Kier molecular flexibility index (Phi) is 3.90. The third kappa shape index (κ3) is 2.99. The molecule has 0 saturated carbocycles. The monoisotopic (exact) mass is 241 g/mol. The van der Waals surface area contributed by atoms with Crippen molar-refractivity contribution in [1.29, 1.82) is 0 Å². The molecule has 1 aromatic carbocycles. The number of rotatable bonds is 4. The number of carboxylic acid groups (broad SMARTS) is 2. The van der Waals surface area contributed by atoms with Crippen LogP contribution >= 0.6 is 11.6 Å². The Labute approximate surface area is 96.0 Å². The Morgan fingerprint density at radius 3 is 2.06 bits per heavy atom. The summed E-state index contributed by atoms with van der Waals surface area (Å²) in [6.45, 7) is 0. The van der Waals surface area contributed by atoms with Crippen molar-refractivity contribution in [2.24, 2.45) is 0 Å². The second-order valence-corrected chi connectivity index (χ2v) is 3.17. The summed E-state index contributed by atoms with van der Waals surface area (Å²) in [6.07, 6.45) is 0. The molecule has 0 aliphatic carbocycles. The van der Waals surface area contributed by atoms with Gasteiger partial charge in [-0.3, -0.25) is 0 Å². The zero-order valence-electron chi connectivity index (χ0n) is 7.98. The van der Waals surface area contributed by atoms with Gasteiger partial charge in [0.15, 0.2) is 10.7 Å². The van der Waals surface area contributed by atoms with Gasteiger partial charge >= 0.3 is 11.9 Å². The van der Waals surface area contributed by atoms with Crippen LogP contribution in [-0.2, 0) is 9.59 Å². The van der Waals surface area contributed by atoms with E-state index in [9.17, 15) is 9.59 Å². The van der Waals surface area contributed by atoms with Crippen LogP contribution in [0, 0.1) is 0 Å². The first-order valence-electron chi connectivity index (χ1n) is 4.21. The molecular formula is C10H8ClNO4. The quantitative estimate of drug-likeness (QED) is 0.699. The van der Waals surface area contributed by atoms with E-state index in [4.69, 9.17) is 21.8 Å². The van der Waals surface area contributed by atoms with Crippen LogP contribution in [0.5, 0.6) is 0 Å². The van der Waals surface area contributed by atoms with E-state index < -0.39 is 22.7 Å². The van der Waals surface area contributed by atoms with Gasteiger partial charge in [-0.15, -0.1) is 0 Å². The third-order valence-electron chi connectivity index (χ3n) is 1.66. The minimum atomic E-state index is -1.50. The minimum absolute atomic E-state index is 0.444. The van der Waals surface area contributed by atoms with Crippen LogP contribution in [0.15, 0.2) is 41.1 Å². The summed E-state index contributed by atoms with van der Waals surface area (Å²) in [5, 5.41) is 19.0. The molecule has 0 radical (unpaired) electrons. The second kappa shape index (κ2) is 5.18. The topological polar surface area (TPSA) is 86.6 Å². The van der Waals surface area contributed by atoms with Crippen molar-refractivity contribution in [3.8, 4) is 0 Å². The number of anilines is 1. The summed E-state index contributed by atoms with van der Waals surface area (Å²) >= 11 is 5.36. The van der Waals surface area contributed by atoms with Gasteiger partial charge in [-0.2, -0.15) is 0 Å². The fourth-order valence-electron chi connectivity index (χ4n) is 0.975. The first-order valence-corrected chi connectivity index (χ1v) is 4.58. The van der Waals surface area contributed by atoms with Gasteiger partial charge in [0.2, 0.25) is 0 Å². The number of nitrogens with one attached hydrogen (secondary N) is 1. The zero-order valence-corrected chi connectivity index (χ0v) is 8.73. The highest BCUT2D eigenvalue weighted by atomic mass is 35.5. The number of carboxylic acids is 2. The van der Waals surface area contributed by atoms with E-state index in [1.807, 2.05) is 0 Å². The molecule has 0 unspecified atom stereocenters. The van der Waals surface area contributed by atoms with E-state index in [0.717, 1.165) is 0 Å². The van der Waals surface area contributed by atoms with Crippen molar-refractivity contribution in [2.75, 3.05) is 5.32 Å². The van der Waals surface area contributed by atoms with Gasteiger partial charge in [-0.05, 0) is 12.1 Å². The van der Waals surface area contributed by atoms with Gasteiger partial charge in [0.05, 0.1) is 0 Å². The molecule has 0 fully saturated rings. The molecule has 1 aromatic rings. The molecule has 0 spiro atoms. The van der Waals surface area contributed by atoms with Crippen molar-refractivity contribution >= 4 is 29.2 Å². The Hall–Kier alpha value is -2.01. The average Bonchev–Trinajstić information content (AvgIpc) is 2.26. The van der Waals surface area contributed by atoms with Crippen molar-refractivity contribution in [2.45, 2.75) is 0 Å². The highest BCUT2D eigenvalue weighted by Gasteiger charge is 2.18. The number of carbonyl (C=O) groups is 2. The maximum absolute atomic E-state index is 10.8. The summed E-state index contributed by atoms with van der Waals surface area (Å²) in [7, 11) is 0. The normalized spacial score (nSPS) is 11.6. The number of benzene rings is 1. The molecule has 0 saturated heterocycles. The summed E-state index contributed by atoms with van der Waals surface area (Å²) < 4.78 is 0. The van der Waals surface area contributed by atoms with Gasteiger partial charge < -0.3 is 15.5 Å². The van der Waals surface area contributed by atoms with Crippen molar-refractivity contribution in [3.05, 3.63) is 41.1 Å². The molecule has 0 aromatic heterocycles. The van der Waals surface area contributed by atoms with Crippen LogP contribution in [0.4, 0.5) is 5.69 Å². The minimum Gasteiger partial charge on any atom is -0.477 e. The first-order chi connectivity index (χ1) is 7.52. The predicted octanol–water partition coefficient (Wildman–Crippen LogP) is 1.72. The maximum Gasteiger partial charge on any atom is 0.354 e. The molecule has 0 aliphatic rings. The molecular weight excluding hydrogens is 234 g/mol. The highest BCUT2D eigenvalue weighted by Crippen LogP contribution is 2.15. The Morgan fingerprint density at radius 1 is 1.06 bits per heavy atom. The zero-order chi connectivity index (χ0) is 12.1. The van der Waals surface area contributed by atoms with Crippen molar-refractivity contribution in [1.82, 2.24) is 0 Å². The van der Waals surface area contributed by atoms with Crippen molar-refractivity contribution < 1.29 is 19.8 Å². The van der Waals surface area contributed by atoms with E-state index in [0.29, 0.717) is 5.69 Å². The predicted molar refractivity (Wildman–Crippen MR) is 58.2 cm³/mol. The van der Waals surface area contributed by atoms with Crippen LogP contribution in [0.3, 0.4) is 0 Å². The van der Waals surface area contributed by atoms with Gasteiger partial charge in [-0.1, -0.05) is 29.8 Å². The van der Waals surface area contributed by atoms with E-state index in [1.165, 1.54) is 0 Å². The van der Waals surface area contributed by atoms with Crippen LogP contribution < -0.4 is 5.32 Å². The molecule has 0 aliphatic heterocycles. The third-order valence-corrected chi connectivity index (χ3v) is 2.01.